The van der Waals surface area contributed by atoms with Gasteiger partial charge < -0.3 is 14.6 Å². The Morgan fingerprint density at radius 1 is 1.21 bits per heavy atom. The van der Waals surface area contributed by atoms with Gasteiger partial charge >= 0.3 is 0 Å². The molecule has 0 atom stereocenters. The molecule has 6 heteroatoms. The SMILES string of the molecule is COc1ccc(CCC(=O)NCc2nnc3n2CCCCC3)cc1. The maximum absolute atomic E-state index is 12.1. The third-order valence-corrected chi connectivity index (χ3v) is 4.43. The molecule has 2 aromatic rings. The summed E-state index contributed by atoms with van der Waals surface area (Å²) >= 11 is 0. The van der Waals surface area contributed by atoms with Crippen molar-refractivity contribution in [3.05, 3.63) is 41.5 Å². The maximum atomic E-state index is 12.1. The second kappa shape index (κ2) is 7.95. The van der Waals surface area contributed by atoms with E-state index in [1.807, 2.05) is 24.3 Å². The standard InChI is InChI=1S/C18H24N4O2/c1-24-15-9-6-14(7-10-15)8-11-18(23)19-13-17-21-20-16-5-3-2-4-12-22(16)17/h6-7,9-10H,2-5,8,11-13H2,1H3,(H,19,23). The van der Waals surface area contributed by atoms with Gasteiger partial charge in [0.25, 0.3) is 0 Å². The number of methoxy groups -OCH3 is 1. The van der Waals surface area contributed by atoms with Crippen LogP contribution in [0.2, 0.25) is 0 Å². The summed E-state index contributed by atoms with van der Waals surface area (Å²) in [5, 5.41) is 11.4. The van der Waals surface area contributed by atoms with Crippen LogP contribution in [0.25, 0.3) is 0 Å². The van der Waals surface area contributed by atoms with Gasteiger partial charge in [0.15, 0.2) is 5.82 Å². The Bertz CT molecular complexity index is 679. The lowest BCUT2D eigenvalue weighted by atomic mass is 10.1. The first-order chi connectivity index (χ1) is 11.8. The highest BCUT2D eigenvalue weighted by atomic mass is 16.5. The summed E-state index contributed by atoms with van der Waals surface area (Å²) < 4.78 is 7.30. The largest absolute Gasteiger partial charge is 0.497 e. The molecule has 0 fully saturated rings. The number of carbonyl (C=O) groups is 1. The summed E-state index contributed by atoms with van der Waals surface area (Å²) in [6.45, 7) is 1.41. The fourth-order valence-corrected chi connectivity index (χ4v) is 2.99. The molecule has 0 saturated carbocycles. The van der Waals surface area contributed by atoms with Crippen molar-refractivity contribution in [3.8, 4) is 5.75 Å². The number of nitrogens with one attached hydrogen (secondary N) is 1. The summed E-state index contributed by atoms with van der Waals surface area (Å²) in [4.78, 5) is 12.1. The number of rotatable bonds is 6. The Balaban J connectivity index is 1.48. The number of ether oxygens (including phenoxy) is 1. The van der Waals surface area contributed by atoms with Crippen molar-refractivity contribution < 1.29 is 9.53 Å². The van der Waals surface area contributed by atoms with E-state index < -0.39 is 0 Å². The van der Waals surface area contributed by atoms with Gasteiger partial charge in [-0.05, 0) is 37.0 Å². The van der Waals surface area contributed by atoms with E-state index >= 15 is 0 Å². The van der Waals surface area contributed by atoms with E-state index in [4.69, 9.17) is 4.74 Å². The van der Waals surface area contributed by atoms with Crippen molar-refractivity contribution in [2.45, 2.75) is 51.6 Å². The molecule has 0 bridgehead atoms. The van der Waals surface area contributed by atoms with Gasteiger partial charge in [-0.1, -0.05) is 18.6 Å². The van der Waals surface area contributed by atoms with Gasteiger partial charge in [0.2, 0.25) is 5.91 Å². The van der Waals surface area contributed by atoms with E-state index in [2.05, 4.69) is 20.1 Å². The van der Waals surface area contributed by atoms with Crippen LogP contribution >= 0.6 is 0 Å². The minimum Gasteiger partial charge on any atom is -0.497 e. The second-order valence-corrected chi connectivity index (χ2v) is 6.12. The van der Waals surface area contributed by atoms with Gasteiger partial charge in [-0.15, -0.1) is 10.2 Å². The van der Waals surface area contributed by atoms with Gasteiger partial charge in [-0.3, -0.25) is 4.79 Å². The lowest BCUT2D eigenvalue weighted by Gasteiger charge is -2.08. The molecule has 0 aliphatic carbocycles. The van der Waals surface area contributed by atoms with Crippen LogP contribution in [0, 0.1) is 0 Å². The van der Waals surface area contributed by atoms with Gasteiger partial charge in [0.1, 0.15) is 11.6 Å². The number of aromatic nitrogens is 3. The Hall–Kier alpha value is -2.37. The van der Waals surface area contributed by atoms with E-state index in [1.165, 1.54) is 12.8 Å². The van der Waals surface area contributed by atoms with Crippen LogP contribution in [-0.2, 0) is 30.7 Å². The van der Waals surface area contributed by atoms with Crippen LogP contribution in [0.4, 0.5) is 0 Å². The molecule has 1 aliphatic heterocycles. The molecular formula is C18H24N4O2. The number of benzene rings is 1. The Morgan fingerprint density at radius 2 is 2.04 bits per heavy atom. The molecule has 0 saturated heterocycles. The van der Waals surface area contributed by atoms with E-state index in [9.17, 15) is 4.79 Å². The lowest BCUT2D eigenvalue weighted by molar-refractivity contribution is -0.121. The van der Waals surface area contributed by atoms with Crippen LogP contribution in [0.5, 0.6) is 5.75 Å². The molecule has 1 aromatic heterocycles. The monoisotopic (exact) mass is 328 g/mol. The number of fused-ring (bicyclic) bond motifs is 1. The van der Waals surface area contributed by atoms with Crippen molar-refractivity contribution in [2.75, 3.05) is 7.11 Å². The molecule has 0 radical (unpaired) electrons. The van der Waals surface area contributed by atoms with Crippen LogP contribution in [0.3, 0.4) is 0 Å². The summed E-state index contributed by atoms with van der Waals surface area (Å²) in [5.41, 5.74) is 1.13. The van der Waals surface area contributed by atoms with E-state index in [-0.39, 0.29) is 5.91 Å². The predicted octanol–water partition coefficient (Wildman–Crippen LogP) is 2.26. The summed E-state index contributed by atoms with van der Waals surface area (Å²) in [5.74, 6) is 2.78. The molecule has 3 rings (SSSR count). The minimum atomic E-state index is 0.0387. The van der Waals surface area contributed by atoms with Crippen molar-refractivity contribution in [3.63, 3.8) is 0 Å². The maximum Gasteiger partial charge on any atom is 0.220 e. The number of nitrogens with zero attached hydrogens (tertiary/aromatic N) is 3. The number of hydrogen-bond acceptors (Lipinski definition) is 4. The first kappa shape index (κ1) is 16.5. The number of hydrogen-bond donors (Lipinski definition) is 1. The highest BCUT2D eigenvalue weighted by Gasteiger charge is 2.15. The van der Waals surface area contributed by atoms with Crippen LogP contribution < -0.4 is 10.1 Å². The summed E-state index contributed by atoms with van der Waals surface area (Å²) in [6.07, 6.45) is 5.73. The highest BCUT2D eigenvalue weighted by Crippen LogP contribution is 2.15. The van der Waals surface area contributed by atoms with Crippen LogP contribution in [0.1, 0.15) is 42.9 Å². The Labute approximate surface area is 142 Å². The molecule has 1 N–H and O–H groups in total. The zero-order valence-electron chi connectivity index (χ0n) is 14.1. The molecule has 0 unspecified atom stereocenters. The zero-order valence-corrected chi connectivity index (χ0v) is 14.1. The molecule has 1 amide bonds. The first-order valence-electron chi connectivity index (χ1n) is 8.57. The summed E-state index contributed by atoms with van der Waals surface area (Å²) in [7, 11) is 1.65. The molecule has 2 heterocycles. The first-order valence-corrected chi connectivity index (χ1v) is 8.57. The molecule has 6 nitrogen and oxygen atoms in total. The van der Waals surface area contributed by atoms with Crippen LogP contribution in [0.15, 0.2) is 24.3 Å². The second-order valence-electron chi connectivity index (χ2n) is 6.12. The topological polar surface area (TPSA) is 69.0 Å². The van der Waals surface area contributed by atoms with Crippen LogP contribution in [-0.4, -0.2) is 27.8 Å². The normalized spacial score (nSPS) is 13.9. The van der Waals surface area contributed by atoms with Gasteiger partial charge in [0.05, 0.1) is 13.7 Å². The van der Waals surface area contributed by atoms with Gasteiger partial charge in [-0.25, -0.2) is 0 Å². The highest BCUT2D eigenvalue weighted by molar-refractivity contribution is 5.76. The smallest absolute Gasteiger partial charge is 0.220 e. The van der Waals surface area contributed by atoms with E-state index in [0.29, 0.717) is 19.4 Å². The van der Waals surface area contributed by atoms with Crippen molar-refractivity contribution in [2.24, 2.45) is 0 Å². The van der Waals surface area contributed by atoms with Crippen molar-refractivity contribution in [1.29, 1.82) is 0 Å². The molecular weight excluding hydrogens is 304 g/mol. The predicted molar refractivity (Wildman–Crippen MR) is 90.7 cm³/mol. The van der Waals surface area contributed by atoms with Crippen molar-refractivity contribution in [1.82, 2.24) is 20.1 Å². The molecule has 0 spiro atoms. The summed E-state index contributed by atoms with van der Waals surface area (Å²) in [6, 6.07) is 7.81. The third kappa shape index (κ3) is 4.13. The van der Waals surface area contributed by atoms with Crippen molar-refractivity contribution >= 4 is 5.91 Å². The molecule has 1 aromatic carbocycles. The van der Waals surface area contributed by atoms with E-state index in [0.717, 1.165) is 42.3 Å². The van der Waals surface area contributed by atoms with E-state index in [1.54, 1.807) is 7.11 Å². The number of carbonyl (C=O) groups excluding carboxylic acids is 1. The average Bonchev–Trinajstić information content (AvgIpc) is 2.85. The fourth-order valence-electron chi connectivity index (χ4n) is 2.99. The molecule has 24 heavy (non-hydrogen) atoms. The zero-order chi connectivity index (χ0) is 16.8. The number of aryl methyl sites for hydroxylation is 2. The Kier molecular flexibility index (Phi) is 5.46. The fraction of sp³-hybridized carbons (Fsp3) is 0.500. The minimum absolute atomic E-state index is 0.0387. The van der Waals surface area contributed by atoms with Gasteiger partial charge in [0, 0.05) is 19.4 Å². The molecule has 128 valence electrons. The number of amides is 1. The average molecular weight is 328 g/mol. The quantitative estimate of drug-likeness (QED) is 0.883. The Morgan fingerprint density at radius 3 is 2.83 bits per heavy atom. The lowest BCUT2D eigenvalue weighted by Crippen LogP contribution is -2.25. The molecule has 1 aliphatic rings. The third-order valence-electron chi connectivity index (χ3n) is 4.43. The van der Waals surface area contributed by atoms with Gasteiger partial charge in [-0.2, -0.15) is 0 Å².